The Kier molecular flexibility index (Phi) is 5.05. The summed E-state index contributed by atoms with van der Waals surface area (Å²) in [5.74, 6) is 0. The number of hydrogen-bond acceptors (Lipinski definition) is 0. The number of pyridine rings is 1. The van der Waals surface area contributed by atoms with Crippen LogP contribution < -0.4 is 4.57 Å². The predicted octanol–water partition coefficient (Wildman–Crippen LogP) is 5.26. The minimum atomic E-state index is 0.312. The summed E-state index contributed by atoms with van der Waals surface area (Å²) in [4.78, 5) is 0. The molecule has 1 heterocycles. The van der Waals surface area contributed by atoms with Crippen molar-refractivity contribution in [3.63, 3.8) is 0 Å². The second-order valence-electron chi connectivity index (χ2n) is 6.52. The summed E-state index contributed by atoms with van der Waals surface area (Å²) in [6.07, 6.45) is 5.97. The first-order chi connectivity index (χ1) is 10.5. The van der Waals surface area contributed by atoms with Gasteiger partial charge in [-0.2, -0.15) is 0 Å². The first-order valence-electron chi connectivity index (χ1n) is 8.55. The van der Waals surface area contributed by atoms with Crippen molar-refractivity contribution in [1.29, 1.82) is 0 Å². The zero-order valence-electron chi connectivity index (χ0n) is 15.0. The van der Waals surface area contributed by atoms with Crippen LogP contribution in [0.4, 0.5) is 0 Å². The maximum absolute atomic E-state index is 2.37. The van der Waals surface area contributed by atoms with Crippen LogP contribution in [-0.4, -0.2) is 0 Å². The third-order valence-electron chi connectivity index (χ3n) is 5.50. The highest BCUT2D eigenvalue weighted by Crippen LogP contribution is 2.37. The predicted molar refractivity (Wildman–Crippen MR) is 95.1 cm³/mol. The number of benzene rings is 1. The van der Waals surface area contributed by atoms with Crippen LogP contribution in [-0.2, 0) is 12.5 Å². The van der Waals surface area contributed by atoms with Crippen molar-refractivity contribution >= 4 is 0 Å². The summed E-state index contributed by atoms with van der Waals surface area (Å²) in [5, 5.41) is 0. The lowest BCUT2D eigenvalue weighted by Gasteiger charge is -2.31. The molecule has 0 saturated heterocycles. The van der Waals surface area contributed by atoms with Crippen molar-refractivity contribution in [1.82, 2.24) is 0 Å². The molecule has 0 N–H and O–H groups in total. The number of rotatable bonds is 5. The van der Waals surface area contributed by atoms with Gasteiger partial charge in [0.1, 0.15) is 7.05 Å². The third kappa shape index (κ3) is 2.82. The van der Waals surface area contributed by atoms with E-state index in [2.05, 4.69) is 82.8 Å². The molecular weight excluding hydrogens is 266 g/mol. The second-order valence-corrected chi connectivity index (χ2v) is 6.52. The third-order valence-corrected chi connectivity index (χ3v) is 5.50. The van der Waals surface area contributed by atoms with Gasteiger partial charge < -0.3 is 0 Å². The van der Waals surface area contributed by atoms with E-state index in [1.807, 2.05) is 0 Å². The topological polar surface area (TPSA) is 3.88 Å². The summed E-state index contributed by atoms with van der Waals surface area (Å²) < 4.78 is 2.31. The average Bonchev–Trinajstić information content (AvgIpc) is 2.53. The van der Waals surface area contributed by atoms with Gasteiger partial charge in [0.25, 0.3) is 0 Å². The Morgan fingerprint density at radius 3 is 2.05 bits per heavy atom. The lowest BCUT2D eigenvalue weighted by molar-refractivity contribution is -0.661. The number of aryl methyl sites for hydroxylation is 3. The molecule has 1 heteroatoms. The Hall–Kier alpha value is -1.63. The first kappa shape index (κ1) is 16.7. The van der Waals surface area contributed by atoms with Crippen LogP contribution in [0.2, 0.25) is 0 Å². The summed E-state index contributed by atoms with van der Waals surface area (Å²) in [6, 6.07) is 11.0. The van der Waals surface area contributed by atoms with Gasteiger partial charge in [0.05, 0.1) is 0 Å². The zero-order valence-corrected chi connectivity index (χ0v) is 15.0. The molecule has 22 heavy (non-hydrogen) atoms. The van der Waals surface area contributed by atoms with E-state index in [-0.39, 0.29) is 0 Å². The van der Waals surface area contributed by atoms with Gasteiger partial charge in [-0.3, -0.25) is 0 Å². The standard InChI is InChI=1S/C21H30N/c1-7-21(8-2,9-3)19-15-22(6)20(14-17(19)5)18-13-11-10-12-16(18)4/h10-15H,7-9H2,1-6H3/q+1. The molecule has 0 bridgehead atoms. The Balaban J connectivity index is 2.61. The molecule has 0 atom stereocenters. The zero-order chi connectivity index (χ0) is 16.3. The van der Waals surface area contributed by atoms with Gasteiger partial charge in [0, 0.05) is 22.6 Å². The van der Waals surface area contributed by atoms with Gasteiger partial charge in [0.2, 0.25) is 5.69 Å². The highest BCUT2D eigenvalue weighted by molar-refractivity contribution is 5.61. The van der Waals surface area contributed by atoms with Crippen LogP contribution >= 0.6 is 0 Å². The van der Waals surface area contributed by atoms with Crippen molar-refractivity contribution in [3.8, 4) is 11.3 Å². The fraction of sp³-hybridized carbons (Fsp3) is 0.476. The maximum atomic E-state index is 2.37. The Bertz CT molecular complexity index is 643. The number of hydrogen-bond donors (Lipinski definition) is 0. The van der Waals surface area contributed by atoms with E-state index in [0.29, 0.717) is 5.41 Å². The molecule has 1 nitrogen and oxygen atoms in total. The van der Waals surface area contributed by atoms with Gasteiger partial charge in [-0.1, -0.05) is 39.0 Å². The Labute approximate surface area is 136 Å². The van der Waals surface area contributed by atoms with Crippen molar-refractivity contribution < 1.29 is 4.57 Å². The molecule has 2 aromatic rings. The molecule has 0 spiro atoms. The average molecular weight is 296 g/mol. The van der Waals surface area contributed by atoms with E-state index in [4.69, 9.17) is 0 Å². The van der Waals surface area contributed by atoms with Crippen molar-refractivity contribution in [3.05, 3.63) is 53.2 Å². The van der Waals surface area contributed by atoms with Crippen molar-refractivity contribution in [2.45, 2.75) is 59.3 Å². The van der Waals surface area contributed by atoms with Crippen LogP contribution in [0, 0.1) is 13.8 Å². The van der Waals surface area contributed by atoms with E-state index in [0.717, 1.165) is 0 Å². The molecule has 0 aliphatic heterocycles. The SMILES string of the molecule is CCC(CC)(CC)c1c[n+](C)c(-c2ccccc2C)cc1C. The monoisotopic (exact) mass is 296 g/mol. The van der Waals surface area contributed by atoms with Crippen LogP contribution in [0.3, 0.4) is 0 Å². The molecule has 0 saturated carbocycles. The molecule has 0 amide bonds. The van der Waals surface area contributed by atoms with E-state index in [1.54, 1.807) is 0 Å². The van der Waals surface area contributed by atoms with Gasteiger partial charge >= 0.3 is 0 Å². The molecule has 1 aromatic carbocycles. The van der Waals surface area contributed by atoms with Crippen LogP contribution in [0.25, 0.3) is 11.3 Å². The molecule has 0 radical (unpaired) electrons. The molecule has 1 aromatic heterocycles. The quantitative estimate of drug-likeness (QED) is 0.662. The molecule has 2 rings (SSSR count). The van der Waals surface area contributed by atoms with Crippen molar-refractivity contribution in [2.75, 3.05) is 0 Å². The second kappa shape index (κ2) is 6.64. The molecule has 0 aliphatic carbocycles. The smallest absolute Gasteiger partial charge is 0.201 e. The highest BCUT2D eigenvalue weighted by Gasteiger charge is 2.31. The van der Waals surface area contributed by atoms with Gasteiger partial charge in [-0.15, -0.1) is 0 Å². The number of nitrogens with zero attached hydrogens (tertiary/aromatic N) is 1. The van der Waals surface area contributed by atoms with Crippen molar-refractivity contribution in [2.24, 2.45) is 7.05 Å². The van der Waals surface area contributed by atoms with Crippen LogP contribution in [0.15, 0.2) is 36.5 Å². The van der Waals surface area contributed by atoms with E-state index < -0.39 is 0 Å². The first-order valence-corrected chi connectivity index (χ1v) is 8.55. The van der Waals surface area contributed by atoms with Gasteiger partial charge in [-0.05, 0) is 50.3 Å². The van der Waals surface area contributed by atoms with Gasteiger partial charge in [0.15, 0.2) is 6.20 Å². The van der Waals surface area contributed by atoms with Crippen LogP contribution in [0.5, 0.6) is 0 Å². The lowest BCUT2D eigenvalue weighted by atomic mass is 9.72. The lowest BCUT2D eigenvalue weighted by Crippen LogP contribution is -2.36. The molecular formula is C21H30N+. The van der Waals surface area contributed by atoms with E-state index in [1.165, 1.54) is 47.2 Å². The largest absolute Gasteiger partial charge is 0.212 e. The Morgan fingerprint density at radius 1 is 0.909 bits per heavy atom. The summed E-state index contributed by atoms with van der Waals surface area (Å²) in [6.45, 7) is 11.4. The molecule has 0 aliphatic rings. The minimum absolute atomic E-state index is 0.312. The molecule has 118 valence electrons. The highest BCUT2D eigenvalue weighted by atomic mass is 14.9. The maximum Gasteiger partial charge on any atom is 0.212 e. The summed E-state index contributed by atoms with van der Waals surface area (Å²) in [7, 11) is 2.18. The van der Waals surface area contributed by atoms with Crippen LogP contribution in [0.1, 0.15) is 56.7 Å². The summed E-state index contributed by atoms with van der Waals surface area (Å²) >= 11 is 0. The molecule has 0 unspecified atom stereocenters. The fourth-order valence-corrected chi connectivity index (χ4v) is 3.75. The Morgan fingerprint density at radius 2 is 1.50 bits per heavy atom. The normalized spacial score (nSPS) is 11.7. The minimum Gasteiger partial charge on any atom is -0.201 e. The summed E-state index contributed by atoms with van der Waals surface area (Å²) in [5.41, 5.74) is 7.21. The van der Waals surface area contributed by atoms with E-state index in [9.17, 15) is 0 Å². The number of aromatic nitrogens is 1. The fourth-order valence-electron chi connectivity index (χ4n) is 3.75. The van der Waals surface area contributed by atoms with E-state index >= 15 is 0 Å². The van der Waals surface area contributed by atoms with Gasteiger partial charge in [-0.25, -0.2) is 4.57 Å². The molecule has 0 fully saturated rings.